The molecular formula is C14H17N5OS. The number of hydrogen-bond acceptors (Lipinski definition) is 5. The molecule has 2 aromatic rings. The number of rotatable bonds is 4. The number of aromatic nitrogens is 3. The number of H-pyrrole nitrogens is 1. The summed E-state index contributed by atoms with van der Waals surface area (Å²) in [5.74, 6) is 0.380. The van der Waals surface area contributed by atoms with Crippen LogP contribution in [0.1, 0.15) is 23.7 Å². The van der Waals surface area contributed by atoms with Gasteiger partial charge < -0.3 is 10.6 Å². The molecule has 0 saturated carbocycles. The van der Waals surface area contributed by atoms with Crippen molar-refractivity contribution in [3.05, 3.63) is 35.9 Å². The maximum atomic E-state index is 12.8. The molecule has 1 amide bonds. The predicted molar refractivity (Wildman–Crippen MR) is 81.6 cm³/mol. The van der Waals surface area contributed by atoms with Crippen LogP contribution in [0.5, 0.6) is 0 Å². The minimum atomic E-state index is -0.334. The number of anilines is 1. The van der Waals surface area contributed by atoms with Gasteiger partial charge in [0.15, 0.2) is 0 Å². The summed E-state index contributed by atoms with van der Waals surface area (Å²) < 4.78 is 0. The maximum Gasteiger partial charge on any atom is 0.240 e. The summed E-state index contributed by atoms with van der Waals surface area (Å²) in [6.07, 6.45) is 2.15. The van der Waals surface area contributed by atoms with Crippen molar-refractivity contribution < 1.29 is 4.79 Å². The molecule has 0 unspecified atom stereocenters. The first-order valence-corrected chi connectivity index (χ1v) is 7.80. The first-order valence-electron chi connectivity index (χ1n) is 6.92. The molecule has 0 spiro atoms. The van der Waals surface area contributed by atoms with Gasteiger partial charge in [0.05, 0.1) is 0 Å². The highest BCUT2D eigenvalue weighted by Gasteiger charge is 2.29. The molecule has 1 aliphatic rings. The smallest absolute Gasteiger partial charge is 0.240 e. The van der Waals surface area contributed by atoms with Gasteiger partial charge in [-0.2, -0.15) is 4.98 Å². The lowest BCUT2D eigenvalue weighted by atomic mass is 10.1. The van der Waals surface area contributed by atoms with E-state index in [9.17, 15) is 4.79 Å². The molecule has 1 fully saturated rings. The molecule has 1 aliphatic heterocycles. The Hall–Kier alpha value is -2.02. The van der Waals surface area contributed by atoms with Gasteiger partial charge >= 0.3 is 0 Å². The first kappa shape index (κ1) is 13.9. The van der Waals surface area contributed by atoms with Gasteiger partial charge in [-0.1, -0.05) is 42.1 Å². The molecule has 0 radical (unpaired) electrons. The van der Waals surface area contributed by atoms with Crippen LogP contribution in [0.25, 0.3) is 0 Å². The fraction of sp³-hybridized carbons (Fsp3) is 0.357. The Morgan fingerprint density at radius 3 is 2.62 bits per heavy atom. The van der Waals surface area contributed by atoms with Crippen molar-refractivity contribution >= 4 is 23.6 Å². The Labute approximate surface area is 127 Å². The largest absolute Gasteiger partial charge is 0.368 e. The zero-order valence-corrected chi connectivity index (χ0v) is 12.3. The van der Waals surface area contributed by atoms with Crippen molar-refractivity contribution in [2.75, 3.05) is 18.8 Å². The molecule has 1 aromatic carbocycles. The third-order valence-electron chi connectivity index (χ3n) is 3.45. The third-order valence-corrected chi connectivity index (χ3v) is 4.55. The molecule has 1 saturated heterocycles. The molecule has 1 atom stereocenters. The highest BCUT2D eigenvalue weighted by Crippen LogP contribution is 2.35. The van der Waals surface area contributed by atoms with Crippen LogP contribution in [-0.2, 0) is 4.79 Å². The number of nitrogen functional groups attached to an aromatic ring is 1. The Balaban J connectivity index is 1.85. The highest BCUT2D eigenvalue weighted by atomic mass is 32.2. The monoisotopic (exact) mass is 303 g/mol. The van der Waals surface area contributed by atoms with Gasteiger partial charge in [-0.05, 0) is 18.4 Å². The Morgan fingerprint density at radius 1 is 1.29 bits per heavy atom. The number of nitrogens with two attached hydrogens (primary N) is 1. The summed E-state index contributed by atoms with van der Waals surface area (Å²) in [7, 11) is 0. The van der Waals surface area contributed by atoms with E-state index in [0.717, 1.165) is 31.5 Å². The van der Waals surface area contributed by atoms with Gasteiger partial charge in [-0.15, -0.1) is 5.10 Å². The van der Waals surface area contributed by atoms with Crippen molar-refractivity contribution in [3.8, 4) is 0 Å². The van der Waals surface area contributed by atoms with E-state index in [1.54, 1.807) is 0 Å². The number of nitrogens with one attached hydrogen (secondary N) is 1. The van der Waals surface area contributed by atoms with E-state index in [-0.39, 0.29) is 17.1 Å². The summed E-state index contributed by atoms with van der Waals surface area (Å²) in [4.78, 5) is 18.8. The van der Waals surface area contributed by atoms with Crippen molar-refractivity contribution in [2.24, 2.45) is 0 Å². The summed E-state index contributed by atoms with van der Waals surface area (Å²) >= 11 is 1.33. The minimum Gasteiger partial charge on any atom is -0.368 e. The van der Waals surface area contributed by atoms with Crippen molar-refractivity contribution in [1.29, 1.82) is 0 Å². The van der Waals surface area contributed by atoms with Gasteiger partial charge in [0.25, 0.3) is 0 Å². The number of benzene rings is 1. The zero-order valence-electron chi connectivity index (χ0n) is 11.5. The zero-order chi connectivity index (χ0) is 14.7. The van der Waals surface area contributed by atoms with E-state index < -0.39 is 0 Å². The van der Waals surface area contributed by atoms with Gasteiger partial charge in [0, 0.05) is 13.1 Å². The molecule has 2 heterocycles. The van der Waals surface area contributed by atoms with Crippen LogP contribution in [0.15, 0.2) is 35.5 Å². The second-order valence-corrected chi connectivity index (χ2v) is 6.02. The number of carbonyl (C=O) groups is 1. The van der Waals surface area contributed by atoms with Gasteiger partial charge in [0.2, 0.25) is 17.0 Å². The number of nitrogens with zero attached hydrogens (tertiary/aromatic N) is 3. The van der Waals surface area contributed by atoms with Crippen LogP contribution in [0.3, 0.4) is 0 Å². The third kappa shape index (κ3) is 3.18. The summed E-state index contributed by atoms with van der Waals surface area (Å²) in [5, 5.41) is 6.79. The van der Waals surface area contributed by atoms with Gasteiger partial charge in [0.1, 0.15) is 5.25 Å². The molecule has 1 aromatic heterocycles. The van der Waals surface area contributed by atoms with E-state index >= 15 is 0 Å². The van der Waals surface area contributed by atoms with Crippen LogP contribution in [0, 0.1) is 0 Å². The van der Waals surface area contributed by atoms with E-state index in [0.29, 0.717) is 5.16 Å². The second-order valence-electron chi connectivity index (χ2n) is 4.94. The molecule has 21 heavy (non-hydrogen) atoms. The van der Waals surface area contributed by atoms with Crippen molar-refractivity contribution in [1.82, 2.24) is 20.1 Å². The first-order chi connectivity index (χ1) is 10.2. The second kappa shape index (κ2) is 6.17. The molecule has 3 N–H and O–H groups in total. The lowest BCUT2D eigenvalue weighted by molar-refractivity contribution is -0.129. The Kier molecular flexibility index (Phi) is 4.10. The summed E-state index contributed by atoms with van der Waals surface area (Å²) in [5.41, 5.74) is 6.51. The van der Waals surface area contributed by atoms with E-state index in [1.807, 2.05) is 35.2 Å². The summed E-state index contributed by atoms with van der Waals surface area (Å²) in [6.45, 7) is 1.66. The SMILES string of the molecule is Nc1nc(S[C@H](C(=O)N2CCCC2)c2ccccc2)n[nH]1. The number of likely N-dealkylation sites (tertiary alicyclic amines) is 1. The van der Waals surface area contributed by atoms with Crippen LogP contribution < -0.4 is 5.73 Å². The molecule has 0 aliphatic carbocycles. The normalized spacial score (nSPS) is 16.1. The van der Waals surface area contributed by atoms with Crippen molar-refractivity contribution in [2.45, 2.75) is 23.2 Å². The standard InChI is InChI=1S/C14H17N5OS/c15-13-16-14(18-17-13)21-11(10-6-2-1-3-7-10)12(20)19-8-4-5-9-19/h1-3,6-7,11H,4-5,8-9H2,(H3,15,16,17,18)/t11-/m0/s1. The molecular weight excluding hydrogens is 286 g/mol. The van der Waals surface area contributed by atoms with Crippen molar-refractivity contribution in [3.63, 3.8) is 0 Å². The van der Waals surface area contributed by atoms with Crippen LogP contribution in [-0.4, -0.2) is 39.1 Å². The van der Waals surface area contributed by atoms with E-state index in [2.05, 4.69) is 15.2 Å². The highest BCUT2D eigenvalue weighted by molar-refractivity contribution is 8.00. The molecule has 0 bridgehead atoms. The Morgan fingerprint density at radius 2 is 2.00 bits per heavy atom. The van der Waals surface area contributed by atoms with E-state index in [4.69, 9.17) is 5.73 Å². The average molecular weight is 303 g/mol. The van der Waals surface area contributed by atoms with Gasteiger partial charge in [-0.25, -0.2) is 5.10 Å². The molecule has 3 rings (SSSR count). The average Bonchev–Trinajstić information content (AvgIpc) is 3.16. The number of thioether (sulfide) groups is 1. The fourth-order valence-electron chi connectivity index (χ4n) is 2.41. The van der Waals surface area contributed by atoms with E-state index in [1.165, 1.54) is 11.8 Å². The summed E-state index contributed by atoms with van der Waals surface area (Å²) in [6, 6.07) is 9.73. The molecule has 6 nitrogen and oxygen atoms in total. The number of hydrogen-bond donors (Lipinski definition) is 2. The van der Waals surface area contributed by atoms with Crippen LogP contribution in [0.4, 0.5) is 5.95 Å². The molecule has 110 valence electrons. The van der Waals surface area contributed by atoms with Crippen LogP contribution >= 0.6 is 11.8 Å². The van der Waals surface area contributed by atoms with Crippen LogP contribution in [0.2, 0.25) is 0 Å². The predicted octanol–water partition coefficient (Wildman–Crippen LogP) is 1.84. The quantitative estimate of drug-likeness (QED) is 0.842. The van der Waals surface area contributed by atoms with Gasteiger partial charge in [-0.3, -0.25) is 4.79 Å². The lowest BCUT2D eigenvalue weighted by Gasteiger charge is -2.22. The minimum absolute atomic E-state index is 0.118. The number of carbonyl (C=O) groups excluding carboxylic acids is 1. The lowest BCUT2D eigenvalue weighted by Crippen LogP contribution is -2.31. The number of aromatic amines is 1. The maximum absolute atomic E-state index is 12.8. The Bertz CT molecular complexity index is 609. The topological polar surface area (TPSA) is 87.9 Å². The number of amides is 1. The fourth-order valence-corrected chi connectivity index (χ4v) is 3.41. The molecule has 7 heteroatoms.